The lowest BCUT2D eigenvalue weighted by atomic mass is 9.83. The quantitative estimate of drug-likeness (QED) is 0.226. The number of hydrogen-bond acceptors (Lipinski definition) is 10. The molecule has 160 valence electrons. The van der Waals surface area contributed by atoms with Gasteiger partial charge in [0, 0.05) is 12.1 Å². The average Bonchev–Trinajstić information content (AvgIpc) is 2.59. The molecule has 1 aliphatic carbocycles. The zero-order valence-electron chi connectivity index (χ0n) is 16.0. The van der Waals surface area contributed by atoms with E-state index < -0.39 is 61.1 Å². The third kappa shape index (κ3) is 5.15. The largest absolute Gasteiger partial charge is 0.391 e. The SMILES string of the molecule is CC(C)CNC1CC(N)[C@@H](O[C@H]2OC(C(C)O)[C@@H](O)[C@H](O)C2N)C(O)[C@@H]1O. The molecule has 2 fully saturated rings. The molecular formula is C17H35N3O7. The molecule has 10 heteroatoms. The number of aliphatic hydroxyl groups excluding tert-OH is 5. The number of ether oxygens (including phenoxy) is 2. The van der Waals surface area contributed by atoms with Gasteiger partial charge in [-0.3, -0.25) is 0 Å². The van der Waals surface area contributed by atoms with E-state index in [1.54, 1.807) is 0 Å². The molecule has 10 N–H and O–H groups in total. The van der Waals surface area contributed by atoms with E-state index in [4.69, 9.17) is 20.9 Å². The fourth-order valence-electron chi connectivity index (χ4n) is 3.61. The highest BCUT2D eigenvalue weighted by Gasteiger charge is 2.49. The van der Waals surface area contributed by atoms with Crippen LogP contribution in [0.3, 0.4) is 0 Å². The third-order valence-corrected chi connectivity index (χ3v) is 5.29. The van der Waals surface area contributed by atoms with Gasteiger partial charge < -0.3 is 51.8 Å². The standard InChI is InChI=1S/C17H35N3O7/c1-6(2)5-20-9-4-8(18)16(13(24)11(9)22)27-17-10(19)12(23)14(25)15(26-17)7(3)21/h6-17,20-25H,4-5,18-19H2,1-3H3/t7?,8?,9?,10?,11-,12-,13?,14+,15?,16-,17-/m1/s1. The van der Waals surface area contributed by atoms with Crippen molar-refractivity contribution in [3.63, 3.8) is 0 Å². The van der Waals surface area contributed by atoms with Crippen LogP contribution >= 0.6 is 0 Å². The third-order valence-electron chi connectivity index (χ3n) is 5.29. The van der Waals surface area contributed by atoms with Gasteiger partial charge in [0.2, 0.25) is 0 Å². The number of aliphatic hydroxyl groups is 5. The Hall–Kier alpha value is -0.400. The molecule has 0 aromatic carbocycles. The molecule has 10 nitrogen and oxygen atoms in total. The van der Waals surface area contributed by atoms with Crippen molar-refractivity contribution < 1.29 is 35.0 Å². The van der Waals surface area contributed by atoms with Gasteiger partial charge in [-0.05, 0) is 25.8 Å². The van der Waals surface area contributed by atoms with E-state index in [9.17, 15) is 25.5 Å². The van der Waals surface area contributed by atoms with Crippen LogP contribution in [0.15, 0.2) is 0 Å². The lowest BCUT2D eigenvalue weighted by Gasteiger charge is -2.47. The van der Waals surface area contributed by atoms with Crippen LogP contribution in [0.2, 0.25) is 0 Å². The Labute approximate surface area is 159 Å². The molecule has 0 aromatic rings. The lowest BCUT2D eigenvalue weighted by molar-refractivity contribution is -0.301. The molecule has 27 heavy (non-hydrogen) atoms. The van der Waals surface area contributed by atoms with Crippen LogP contribution in [-0.4, -0.2) is 99.2 Å². The predicted molar refractivity (Wildman–Crippen MR) is 96.4 cm³/mol. The summed E-state index contributed by atoms with van der Waals surface area (Å²) >= 11 is 0. The summed E-state index contributed by atoms with van der Waals surface area (Å²) in [7, 11) is 0. The molecular weight excluding hydrogens is 358 g/mol. The summed E-state index contributed by atoms with van der Waals surface area (Å²) in [6.07, 6.45) is -9.15. The van der Waals surface area contributed by atoms with Crippen LogP contribution in [0.5, 0.6) is 0 Å². The fraction of sp³-hybridized carbons (Fsp3) is 1.00. The van der Waals surface area contributed by atoms with Crippen LogP contribution in [0.25, 0.3) is 0 Å². The Balaban J connectivity index is 2.05. The van der Waals surface area contributed by atoms with Crippen LogP contribution in [-0.2, 0) is 9.47 Å². The second-order valence-corrected chi connectivity index (χ2v) is 8.16. The zero-order valence-corrected chi connectivity index (χ0v) is 16.0. The molecule has 1 aliphatic heterocycles. The highest BCUT2D eigenvalue weighted by molar-refractivity contribution is 5.00. The summed E-state index contributed by atoms with van der Waals surface area (Å²) in [6.45, 7) is 6.14. The molecule has 2 rings (SSSR count). The summed E-state index contributed by atoms with van der Waals surface area (Å²) < 4.78 is 11.2. The van der Waals surface area contributed by atoms with Crippen molar-refractivity contribution in [3.8, 4) is 0 Å². The van der Waals surface area contributed by atoms with Gasteiger partial charge in [0.25, 0.3) is 0 Å². The van der Waals surface area contributed by atoms with Gasteiger partial charge in [-0.25, -0.2) is 0 Å². The van der Waals surface area contributed by atoms with E-state index in [1.165, 1.54) is 6.92 Å². The summed E-state index contributed by atoms with van der Waals surface area (Å²) in [5, 5.41) is 54.0. The molecule has 0 amide bonds. The van der Waals surface area contributed by atoms with E-state index in [2.05, 4.69) is 5.32 Å². The summed E-state index contributed by atoms with van der Waals surface area (Å²) in [5.74, 6) is 0.374. The number of rotatable bonds is 6. The van der Waals surface area contributed by atoms with Gasteiger partial charge in [0.1, 0.15) is 30.5 Å². The van der Waals surface area contributed by atoms with Gasteiger partial charge in [-0.2, -0.15) is 0 Å². The number of nitrogens with two attached hydrogens (primary N) is 2. The fourth-order valence-corrected chi connectivity index (χ4v) is 3.61. The summed E-state index contributed by atoms with van der Waals surface area (Å²) in [5.41, 5.74) is 12.0. The first kappa shape index (κ1) is 22.9. The van der Waals surface area contributed by atoms with Crippen molar-refractivity contribution in [2.24, 2.45) is 17.4 Å². The molecule has 0 radical (unpaired) electrons. The Morgan fingerprint density at radius 2 is 1.67 bits per heavy atom. The van der Waals surface area contributed by atoms with Crippen LogP contribution < -0.4 is 16.8 Å². The van der Waals surface area contributed by atoms with E-state index in [0.717, 1.165) is 0 Å². The van der Waals surface area contributed by atoms with Crippen molar-refractivity contribution in [3.05, 3.63) is 0 Å². The first-order chi connectivity index (χ1) is 12.5. The van der Waals surface area contributed by atoms with Crippen LogP contribution in [0.4, 0.5) is 0 Å². The molecule has 0 spiro atoms. The van der Waals surface area contributed by atoms with Crippen molar-refractivity contribution in [2.75, 3.05) is 6.54 Å². The van der Waals surface area contributed by atoms with Crippen molar-refractivity contribution in [2.45, 2.75) is 94.3 Å². The molecule has 0 aromatic heterocycles. The first-order valence-corrected chi connectivity index (χ1v) is 9.50. The van der Waals surface area contributed by atoms with Crippen LogP contribution in [0, 0.1) is 5.92 Å². The van der Waals surface area contributed by atoms with Crippen molar-refractivity contribution in [1.29, 1.82) is 0 Å². The highest BCUT2D eigenvalue weighted by Crippen LogP contribution is 2.28. The Morgan fingerprint density at radius 3 is 2.22 bits per heavy atom. The second-order valence-electron chi connectivity index (χ2n) is 8.16. The maximum atomic E-state index is 10.5. The van der Waals surface area contributed by atoms with E-state index >= 15 is 0 Å². The number of nitrogens with one attached hydrogen (secondary N) is 1. The second kappa shape index (κ2) is 9.40. The van der Waals surface area contributed by atoms with Gasteiger partial charge in [-0.15, -0.1) is 0 Å². The Bertz CT molecular complexity index is 470. The minimum Gasteiger partial charge on any atom is -0.391 e. The van der Waals surface area contributed by atoms with E-state index in [-0.39, 0.29) is 6.04 Å². The van der Waals surface area contributed by atoms with Crippen LogP contribution in [0.1, 0.15) is 27.2 Å². The summed E-state index contributed by atoms with van der Waals surface area (Å²) in [4.78, 5) is 0. The molecule has 2 aliphatic rings. The van der Waals surface area contributed by atoms with Gasteiger partial charge in [0.05, 0.1) is 18.2 Å². The van der Waals surface area contributed by atoms with Gasteiger partial charge >= 0.3 is 0 Å². The van der Waals surface area contributed by atoms with E-state index in [0.29, 0.717) is 18.9 Å². The topological polar surface area (TPSA) is 184 Å². The number of hydrogen-bond donors (Lipinski definition) is 8. The summed E-state index contributed by atoms with van der Waals surface area (Å²) in [6, 6.07) is -2.10. The average molecular weight is 393 g/mol. The molecule has 1 heterocycles. The molecule has 1 saturated carbocycles. The minimum absolute atomic E-state index is 0.364. The highest BCUT2D eigenvalue weighted by atomic mass is 16.7. The maximum Gasteiger partial charge on any atom is 0.176 e. The smallest absolute Gasteiger partial charge is 0.176 e. The zero-order chi connectivity index (χ0) is 20.5. The minimum atomic E-state index is -1.38. The van der Waals surface area contributed by atoms with E-state index in [1.807, 2.05) is 13.8 Å². The molecule has 11 atom stereocenters. The van der Waals surface area contributed by atoms with Gasteiger partial charge in [0.15, 0.2) is 6.29 Å². The van der Waals surface area contributed by atoms with Crippen molar-refractivity contribution >= 4 is 0 Å². The molecule has 0 bridgehead atoms. The Morgan fingerprint density at radius 1 is 1.04 bits per heavy atom. The maximum absolute atomic E-state index is 10.5. The van der Waals surface area contributed by atoms with Gasteiger partial charge in [-0.1, -0.05) is 13.8 Å². The lowest BCUT2D eigenvalue weighted by Crippen LogP contribution is -2.68. The monoisotopic (exact) mass is 393 g/mol. The normalized spacial score (nSPS) is 47.2. The Kier molecular flexibility index (Phi) is 7.97. The first-order valence-electron chi connectivity index (χ1n) is 9.50. The molecule has 1 saturated heterocycles. The molecule has 6 unspecified atom stereocenters. The van der Waals surface area contributed by atoms with Crippen molar-refractivity contribution in [1.82, 2.24) is 5.32 Å². The predicted octanol–water partition coefficient (Wildman–Crippen LogP) is -3.41.